The van der Waals surface area contributed by atoms with Crippen LogP contribution >= 0.6 is 11.3 Å². The number of hydrogen-bond donors (Lipinski definition) is 0. The predicted molar refractivity (Wildman–Crippen MR) is 102 cm³/mol. The summed E-state index contributed by atoms with van der Waals surface area (Å²) in [5.74, 6) is 0.974. The van der Waals surface area contributed by atoms with E-state index in [0.717, 1.165) is 16.0 Å². The molecule has 0 saturated carbocycles. The highest BCUT2D eigenvalue weighted by Crippen LogP contribution is 2.31. The van der Waals surface area contributed by atoms with Crippen LogP contribution in [0.4, 0.5) is 0 Å². The maximum atomic E-state index is 13.1. The first-order chi connectivity index (χ1) is 12.6. The summed E-state index contributed by atoms with van der Waals surface area (Å²) >= 11 is 1.48. The molecule has 6 nitrogen and oxygen atoms in total. The van der Waals surface area contributed by atoms with Crippen LogP contribution in [-0.4, -0.2) is 19.7 Å². The molecule has 4 aromatic rings. The van der Waals surface area contributed by atoms with Gasteiger partial charge in [0.15, 0.2) is 0 Å². The summed E-state index contributed by atoms with van der Waals surface area (Å²) in [7, 11) is 0. The summed E-state index contributed by atoms with van der Waals surface area (Å²) in [5, 5.41) is 10.6. The van der Waals surface area contributed by atoms with Crippen LogP contribution in [0.2, 0.25) is 0 Å². The second-order valence-corrected chi connectivity index (χ2v) is 7.11. The minimum atomic E-state index is -0.0965. The van der Waals surface area contributed by atoms with E-state index in [9.17, 15) is 4.79 Å². The Morgan fingerprint density at radius 3 is 2.69 bits per heavy atom. The third-order valence-electron chi connectivity index (χ3n) is 4.50. The second kappa shape index (κ2) is 6.49. The van der Waals surface area contributed by atoms with E-state index in [1.54, 1.807) is 6.33 Å². The minimum Gasteiger partial charge on any atom is -0.423 e. The zero-order chi connectivity index (χ0) is 18.3. The lowest BCUT2D eigenvalue weighted by Crippen LogP contribution is -2.21. The predicted octanol–water partition coefficient (Wildman–Crippen LogP) is 3.74. The van der Waals surface area contributed by atoms with Gasteiger partial charge in [0.2, 0.25) is 11.8 Å². The molecule has 132 valence electrons. The van der Waals surface area contributed by atoms with E-state index < -0.39 is 0 Å². The molecule has 0 unspecified atom stereocenters. The summed E-state index contributed by atoms with van der Waals surface area (Å²) in [6, 6.07) is 6.24. The maximum absolute atomic E-state index is 13.1. The fraction of sp³-hybridized carbons (Fsp3) is 0.263. The number of hydrogen-bond acceptors (Lipinski definition) is 6. The molecule has 3 aromatic heterocycles. The normalized spacial score (nSPS) is 11.3. The molecule has 0 radical (unpaired) electrons. The minimum absolute atomic E-state index is 0.0965. The van der Waals surface area contributed by atoms with E-state index in [-0.39, 0.29) is 12.1 Å². The van der Waals surface area contributed by atoms with Crippen LogP contribution in [0, 0.1) is 13.8 Å². The molecule has 0 aliphatic rings. The van der Waals surface area contributed by atoms with Gasteiger partial charge in [0, 0.05) is 17.4 Å². The zero-order valence-electron chi connectivity index (χ0n) is 14.8. The van der Waals surface area contributed by atoms with Crippen LogP contribution in [0.3, 0.4) is 0 Å². The standard InChI is InChI=1S/C19H18N4O2S/c1-4-15-21-22-16(25-15)8-23-10-20-18-17(19(23)24)14(9-26-18)13-6-5-11(2)12(3)7-13/h5-7,9-10H,4,8H2,1-3H3. The fourth-order valence-electron chi connectivity index (χ4n) is 2.84. The van der Waals surface area contributed by atoms with Gasteiger partial charge in [-0.05, 0) is 30.5 Å². The summed E-state index contributed by atoms with van der Waals surface area (Å²) in [4.78, 5) is 18.2. The molecule has 7 heteroatoms. The van der Waals surface area contributed by atoms with Crippen molar-refractivity contribution in [3.05, 3.63) is 63.2 Å². The molecule has 0 bridgehead atoms. The first-order valence-electron chi connectivity index (χ1n) is 8.42. The lowest BCUT2D eigenvalue weighted by atomic mass is 10.0. The molecule has 0 aliphatic heterocycles. The third kappa shape index (κ3) is 2.84. The highest BCUT2D eigenvalue weighted by Gasteiger charge is 2.15. The summed E-state index contributed by atoms with van der Waals surface area (Å²) in [6.45, 7) is 6.31. The number of rotatable bonds is 4. The first kappa shape index (κ1) is 16.7. The largest absolute Gasteiger partial charge is 0.423 e. The smallest absolute Gasteiger partial charge is 0.263 e. The van der Waals surface area contributed by atoms with Crippen molar-refractivity contribution in [1.82, 2.24) is 19.7 Å². The number of benzene rings is 1. The Morgan fingerprint density at radius 2 is 1.96 bits per heavy atom. The van der Waals surface area contributed by atoms with Crippen LogP contribution in [0.1, 0.15) is 29.8 Å². The van der Waals surface area contributed by atoms with Gasteiger partial charge < -0.3 is 4.42 Å². The van der Waals surface area contributed by atoms with E-state index in [1.165, 1.54) is 27.0 Å². The Hall–Kier alpha value is -2.80. The van der Waals surface area contributed by atoms with Crippen molar-refractivity contribution in [2.75, 3.05) is 0 Å². The summed E-state index contributed by atoms with van der Waals surface area (Å²) in [6.07, 6.45) is 2.21. The maximum Gasteiger partial charge on any atom is 0.263 e. The third-order valence-corrected chi connectivity index (χ3v) is 5.38. The first-order valence-corrected chi connectivity index (χ1v) is 9.30. The van der Waals surface area contributed by atoms with Crippen molar-refractivity contribution in [3.63, 3.8) is 0 Å². The highest BCUT2D eigenvalue weighted by atomic mass is 32.1. The molecule has 1 aromatic carbocycles. The van der Waals surface area contributed by atoms with E-state index in [2.05, 4.69) is 41.2 Å². The highest BCUT2D eigenvalue weighted by molar-refractivity contribution is 7.17. The van der Waals surface area contributed by atoms with Crippen LogP contribution < -0.4 is 5.56 Å². The van der Waals surface area contributed by atoms with Crippen LogP contribution in [0.15, 0.2) is 39.1 Å². The second-order valence-electron chi connectivity index (χ2n) is 6.25. The number of thiophene rings is 1. The van der Waals surface area contributed by atoms with Crippen LogP contribution in [-0.2, 0) is 13.0 Å². The quantitative estimate of drug-likeness (QED) is 0.550. The number of aromatic nitrogens is 4. The Morgan fingerprint density at radius 1 is 1.15 bits per heavy atom. The lowest BCUT2D eigenvalue weighted by Gasteiger charge is -2.06. The van der Waals surface area contributed by atoms with Crippen molar-refractivity contribution in [2.45, 2.75) is 33.7 Å². The summed E-state index contributed by atoms with van der Waals surface area (Å²) < 4.78 is 7.04. The average Bonchev–Trinajstić information content (AvgIpc) is 3.27. The van der Waals surface area contributed by atoms with Crippen molar-refractivity contribution in [1.29, 1.82) is 0 Å². The Kier molecular flexibility index (Phi) is 4.16. The summed E-state index contributed by atoms with van der Waals surface area (Å²) in [5.41, 5.74) is 4.28. The number of fused-ring (bicyclic) bond motifs is 1. The van der Waals surface area contributed by atoms with E-state index in [1.807, 2.05) is 18.4 Å². The molecular weight excluding hydrogens is 348 g/mol. The average molecular weight is 366 g/mol. The van der Waals surface area contributed by atoms with Crippen molar-refractivity contribution in [3.8, 4) is 11.1 Å². The van der Waals surface area contributed by atoms with E-state index >= 15 is 0 Å². The Bertz CT molecular complexity index is 1160. The Balaban J connectivity index is 1.81. The van der Waals surface area contributed by atoms with Crippen molar-refractivity contribution < 1.29 is 4.42 Å². The van der Waals surface area contributed by atoms with Gasteiger partial charge in [-0.3, -0.25) is 9.36 Å². The topological polar surface area (TPSA) is 73.8 Å². The molecule has 0 aliphatic carbocycles. The molecule has 4 rings (SSSR count). The molecule has 0 atom stereocenters. The number of nitrogens with zero attached hydrogens (tertiary/aromatic N) is 4. The van der Waals surface area contributed by atoms with Gasteiger partial charge in [0.05, 0.1) is 11.7 Å². The number of aryl methyl sites for hydroxylation is 3. The van der Waals surface area contributed by atoms with Gasteiger partial charge in [0.25, 0.3) is 5.56 Å². The Labute approximate surface area is 154 Å². The lowest BCUT2D eigenvalue weighted by molar-refractivity contribution is 0.439. The molecule has 0 amide bonds. The van der Waals surface area contributed by atoms with Crippen LogP contribution in [0.25, 0.3) is 21.3 Å². The molecule has 0 spiro atoms. The van der Waals surface area contributed by atoms with Crippen molar-refractivity contribution in [2.24, 2.45) is 0 Å². The zero-order valence-corrected chi connectivity index (χ0v) is 15.6. The molecular formula is C19H18N4O2S. The van der Waals surface area contributed by atoms with Gasteiger partial charge in [-0.1, -0.05) is 25.1 Å². The molecule has 0 fully saturated rings. The molecule has 26 heavy (non-hydrogen) atoms. The van der Waals surface area contributed by atoms with E-state index in [4.69, 9.17) is 4.42 Å². The van der Waals surface area contributed by atoms with Gasteiger partial charge in [0.1, 0.15) is 11.4 Å². The SMILES string of the molecule is CCc1nnc(Cn2cnc3scc(-c4ccc(C)c(C)c4)c3c2=O)o1. The van der Waals surface area contributed by atoms with Gasteiger partial charge >= 0.3 is 0 Å². The van der Waals surface area contributed by atoms with Gasteiger partial charge in [-0.2, -0.15) is 0 Å². The molecule has 3 heterocycles. The van der Waals surface area contributed by atoms with E-state index in [0.29, 0.717) is 23.6 Å². The fourth-order valence-corrected chi connectivity index (χ4v) is 3.75. The monoisotopic (exact) mass is 366 g/mol. The van der Waals surface area contributed by atoms with Crippen LogP contribution in [0.5, 0.6) is 0 Å². The van der Waals surface area contributed by atoms with Gasteiger partial charge in [-0.25, -0.2) is 4.98 Å². The van der Waals surface area contributed by atoms with Gasteiger partial charge in [-0.15, -0.1) is 21.5 Å². The molecule has 0 saturated heterocycles. The van der Waals surface area contributed by atoms with Crippen molar-refractivity contribution >= 4 is 21.6 Å². The molecule has 0 N–H and O–H groups in total.